The molecule has 0 bridgehead atoms. The van der Waals surface area contributed by atoms with Crippen molar-refractivity contribution in [1.82, 2.24) is 9.80 Å². The molecule has 144 valence electrons. The molecule has 1 saturated heterocycles. The molecule has 0 radical (unpaired) electrons. The van der Waals surface area contributed by atoms with Crippen LogP contribution in [0.4, 0.5) is 0 Å². The SMILES string of the molecule is CCN(Cc1ccc(OC)cc1)C(=O)C1CCN(C(=O)c2ccco2)CC1. The van der Waals surface area contributed by atoms with Gasteiger partial charge in [-0.05, 0) is 49.6 Å². The van der Waals surface area contributed by atoms with Crippen molar-refractivity contribution in [2.75, 3.05) is 26.7 Å². The quantitative estimate of drug-likeness (QED) is 0.783. The minimum Gasteiger partial charge on any atom is -0.497 e. The lowest BCUT2D eigenvalue weighted by atomic mass is 9.94. The molecule has 1 aromatic carbocycles. The molecular formula is C21H26N2O4. The van der Waals surface area contributed by atoms with Crippen LogP contribution in [0.1, 0.15) is 35.9 Å². The van der Waals surface area contributed by atoms with Crippen molar-refractivity contribution in [3.63, 3.8) is 0 Å². The van der Waals surface area contributed by atoms with E-state index in [9.17, 15) is 9.59 Å². The molecule has 2 heterocycles. The van der Waals surface area contributed by atoms with Crippen molar-refractivity contribution in [3.8, 4) is 5.75 Å². The lowest BCUT2D eigenvalue weighted by Crippen LogP contribution is -2.44. The Hall–Kier alpha value is -2.76. The van der Waals surface area contributed by atoms with E-state index in [0.717, 1.165) is 11.3 Å². The fourth-order valence-corrected chi connectivity index (χ4v) is 3.44. The normalized spacial score (nSPS) is 14.8. The van der Waals surface area contributed by atoms with Gasteiger partial charge in [-0.15, -0.1) is 0 Å². The molecule has 27 heavy (non-hydrogen) atoms. The third-order valence-corrected chi connectivity index (χ3v) is 5.09. The molecule has 1 aliphatic heterocycles. The zero-order valence-corrected chi connectivity index (χ0v) is 15.9. The average Bonchev–Trinajstić information content (AvgIpc) is 3.26. The molecule has 6 nitrogen and oxygen atoms in total. The molecule has 6 heteroatoms. The van der Waals surface area contributed by atoms with Gasteiger partial charge < -0.3 is 19.0 Å². The highest BCUT2D eigenvalue weighted by Crippen LogP contribution is 2.22. The number of carbonyl (C=O) groups is 2. The van der Waals surface area contributed by atoms with E-state index < -0.39 is 0 Å². The molecule has 0 N–H and O–H groups in total. The summed E-state index contributed by atoms with van der Waals surface area (Å²) in [6.45, 7) is 4.41. The Morgan fingerprint density at radius 3 is 2.44 bits per heavy atom. The Kier molecular flexibility index (Phi) is 6.16. The van der Waals surface area contributed by atoms with Crippen LogP contribution in [-0.2, 0) is 11.3 Å². The Morgan fingerprint density at radius 1 is 1.19 bits per heavy atom. The molecule has 2 amide bonds. The summed E-state index contributed by atoms with van der Waals surface area (Å²) in [5.41, 5.74) is 1.08. The molecule has 0 spiro atoms. The first kappa shape index (κ1) is 19.0. The van der Waals surface area contributed by atoms with Gasteiger partial charge >= 0.3 is 0 Å². The summed E-state index contributed by atoms with van der Waals surface area (Å²) in [6, 6.07) is 11.2. The summed E-state index contributed by atoms with van der Waals surface area (Å²) in [7, 11) is 1.64. The fraction of sp³-hybridized carbons (Fsp3) is 0.429. The van der Waals surface area contributed by atoms with E-state index in [1.54, 1.807) is 24.1 Å². The second-order valence-electron chi connectivity index (χ2n) is 6.74. The van der Waals surface area contributed by atoms with Gasteiger partial charge in [0.25, 0.3) is 5.91 Å². The summed E-state index contributed by atoms with van der Waals surface area (Å²) in [5, 5.41) is 0. The van der Waals surface area contributed by atoms with Gasteiger partial charge in [-0.2, -0.15) is 0 Å². The van der Waals surface area contributed by atoms with Crippen LogP contribution < -0.4 is 4.74 Å². The number of ether oxygens (including phenoxy) is 1. The van der Waals surface area contributed by atoms with Gasteiger partial charge in [0, 0.05) is 32.1 Å². The first-order valence-electron chi connectivity index (χ1n) is 9.37. The van der Waals surface area contributed by atoms with E-state index in [0.29, 0.717) is 44.8 Å². The van der Waals surface area contributed by atoms with E-state index in [4.69, 9.17) is 9.15 Å². The van der Waals surface area contributed by atoms with Gasteiger partial charge in [0.2, 0.25) is 5.91 Å². The number of piperidine rings is 1. The molecule has 0 aliphatic carbocycles. The number of methoxy groups -OCH3 is 1. The summed E-state index contributed by atoms with van der Waals surface area (Å²) < 4.78 is 10.4. The number of rotatable bonds is 6. The first-order valence-corrected chi connectivity index (χ1v) is 9.37. The Bertz CT molecular complexity index is 747. The number of carbonyl (C=O) groups excluding carboxylic acids is 2. The van der Waals surface area contributed by atoms with Crippen LogP contribution >= 0.6 is 0 Å². The molecule has 0 unspecified atom stereocenters. The second-order valence-corrected chi connectivity index (χ2v) is 6.74. The third-order valence-electron chi connectivity index (χ3n) is 5.09. The van der Waals surface area contributed by atoms with Gasteiger partial charge in [-0.1, -0.05) is 12.1 Å². The lowest BCUT2D eigenvalue weighted by Gasteiger charge is -2.33. The van der Waals surface area contributed by atoms with Crippen LogP contribution in [-0.4, -0.2) is 48.4 Å². The first-order chi connectivity index (χ1) is 13.1. The van der Waals surface area contributed by atoms with Crippen molar-refractivity contribution >= 4 is 11.8 Å². The largest absolute Gasteiger partial charge is 0.497 e. The van der Waals surface area contributed by atoms with Crippen LogP contribution in [0.3, 0.4) is 0 Å². The number of nitrogens with zero attached hydrogens (tertiary/aromatic N) is 2. The summed E-state index contributed by atoms with van der Waals surface area (Å²) in [5.74, 6) is 1.19. The van der Waals surface area contributed by atoms with Crippen molar-refractivity contribution < 1.29 is 18.7 Å². The van der Waals surface area contributed by atoms with Crippen molar-refractivity contribution in [3.05, 3.63) is 54.0 Å². The maximum absolute atomic E-state index is 12.9. The maximum Gasteiger partial charge on any atom is 0.289 e. The lowest BCUT2D eigenvalue weighted by molar-refractivity contribution is -0.137. The number of benzene rings is 1. The summed E-state index contributed by atoms with van der Waals surface area (Å²) >= 11 is 0. The monoisotopic (exact) mass is 370 g/mol. The predicted octanol–water partition coefficient (Wildman–Crippen LogP) is 3.19. The van der Waals surface area contributed by atoms with E-state index in [2.05, 4.69) is 0 Å². The molecule has 1 aromatic heterocycles. The highest BCUT2D eigenvalue weighted by atomic mass is 16.5. The van der Waals surface area contributed by atoms with E-state index in [1.807, 2.05) is 36.1 Å². The van der Waals surface area contributed by atoms with E-state index in [-0.39, 0.29) is 17.7 Å². The molecule has 0 atom stereocenters. The fourth-order valence-electron chi connectivity index (χ4n) is 3.44. The standard InChI is InChI=1S/C21H26N2O4/c1-3-22(15-16-6-8-18(26-2)9-7-16)20(24)17-10-12-23(13-11-17)21(25)19-5-4-14-27-19/h4-9,14,17H,3,10-13,15H2,1-2H3. The van der Waals surface area contributed by atoms with Crippen LogP contribution in [0.25, 0.3) is 0 Å². The maximum atomic E-state index is 12.9. The van der Waals surface area contributed by atoms with Crippen molar-refractivity contribution in [1.29, 1.82) is 0 Å². The Morgan fingerprint density at radius 2 is 1.89 bits per heavy atom. The summed E-state index contributed by atoms with van der Waals surface area (Å²) in [6.07, 6.45) is 2.87. The van der Waals surface area contributed by atoms with Crippen LogP contribution in [0.15, 0.2) is 47.1 Å². The Balaban J connectivity index is 1.55. The number of hydrogen-bond acceptors (Lipinski definition) is 4. The minimum atomic E-state index is -0.100. The van der Waals surface area contributed by atoms with Crippen LogP contribution in [0, 0.1) is 5.92 Å². The van der Waals surface area contributed by atoms with E-state index >= 15 is 0 Å². The topological polar surface area (TPSA) is 63.0 Å². The van der Waals surface area contributed by atoms with Crippen molar-refractivity contribution in [2.45, 2.75) is 26.3 Å². The van der Waals surface area contributed by atoms with Gasteiger partial charge in [-0.3, -0.25) is 9.59 Å². The molecule has 1 aliphatic rings. The molecule has 3 rings (SSSR count). The van der Waals surface area contributed by atoms with Gasteiger partial charge in [0.1, 0.15) is 5.75 Å². The van der Waals surface area contributed by atoms with E-state index in [1.165, 1.54) is 6.26 Å². The molecule has 2 aromatic rings. The van der Waals surface area contributed by atoms with Crippen LogP contribution in [0.2, 0.25) is 0 Å². The third kappa shape index (κ3) is 4.51. The molecular weight excluding hydrogens is 344 g/mol. The van der Waals surface area contributed by atoms with Gasteiger partial charge in [0.05, 0.1) is 13.4 Å². The zero-order valence-electron chi connectivity index (χ0n) is 15.9. The second kappa shape index (κ2) is 8.75. The highest BCUT2D eigenvalue weighted by molar-refractivity contribution is 5.91. The van der Waals surface area contributed by atoms with Crippen LogP contribution in [0.5, 0.6) is 5.75 Å². The number of likely N-dealkylation sites (tertiary alicyclic amines) is 1. The predicted molar refractivity (Wildman–Crippen MR) is 101 cm³/mol. The summed E-state index contributed by atoms with van der Waals surface area (Å²) in [4.78, 5) is 28.9. The average molecular weight is 370 g/mol. The number of hydrogen-bond donors (Lipinski definition) is 0. The number of furan rings is 1. The number of amides is 2. The minimum absolute atomic E-state index is 0.0381. The zero-order chi connectivity index (χ0) is 19.2. The molecule has 0 saturated carbocycles. The van der Waals surface area contributed by atoms with Crippen molar-refractivity contribution in [2.24, 2.45) is 5.92 Å². The highest BCUT2D eigenvalue weighted by Gasteiger charge is 2.30. The van der Waals surface area contributed by atoms with Gasteiger partial charge in [0.15, 0.2) is 5.76 Å². The smallest absolute Gasteiger partial charge is 0.289 e. The Labute approximate surface area is 159 Å². The van der Waals surface area contributed by atoms with Gasteiger partial charge in [-0.25, -0.2) is 0 Å². The molecule has 1 fully saturated rings.